The third kappa shape index (κ3) is 2.04. The number of benzene rings is 1. The average molecular weight is 288 g/mol. The van der Waals surface area contributed by atoms with Crippen LogP contribution in [0.5, 0.6) is 0 Å². The van der Waals surface area contributed by atoms with E-state index < -0.39 is 17.6 Å². The van der Waals surface area contributed by atoms with Gasteiger partial charge in [0.05, 0.1) is 5.54 Å². The number of H-pyrrole nitrogens is 1. The quantitative estimate of drug-likeness (QED) is 0.691. The van der Waals surface area contributed by atoms with Crippen LogP contribution in [0.15, 0.2) is 24.3 Å². The van der Waals surface area contributed by atoms with Gasteiger partial charge in [0.25, 0.3) is 0 Å². The van der Waals surface area contributed by atoms with Gasteiger partial charge in [0.1, 0.15) is 6.04 Å². The van der Waals surface area contributed by atoms with Gasteiger partial charge >= 0.3 is 5.97 Å². The highest BCUT2D eigenvalue weighted by Gasteiger charge is 2.44. The molecule has 0 aliphatic carbocycles. The van der Waals surface area contributed by atoms with E-state index in [1.165, 1.54) is 0 Å². The van der Waals surface area contributed by atoms with Gasteiger partial charge in [-0.2, -0.15) is 0 Å². The Hall–Kier alpha value is -1.85. The van der Waals surface area contributed by atoms with E-state index >= 15 is 0 Å². The van der Waals surface area contributed by atoms with E-state index in [2.05, 4.69) is 10.3 Å². The van der Waals surface area contributed by atoms with Crippen LogP contribution in [0.25, 0.3) is 10.9 Å². The topological polar surface area (TPSA) is 85.3 Å². The molecule has 1 aromatic carbocycles. The minimum atomic E-state index is -0.859. The number of fused-ring (bicyclic) bond motifs is 3. The van der Waals surface area contributed by atoms with Crippen molar-refractivity contribution >= 4 is 16.9 Å². The number of carboxylic acids is 1. The number of nitrogens with one attached hydrogen (secondary N) is 2. The summed E-state index contributed by atoms with van der Waals surface area (Å²) in [4.78, 5) is 14.9. The Morgan fingerprint density at radius 3 is 2.86 bits per heavy atom. The van der Waals surface area contributed by atoms with Crippen LogP contribution in [0.1, 0.15) is 25.1 Å². The van der Waals surface area contributed by atoms with Crippen LogP contribution in [-0.4, -0.2) is 33.8 Å². The molecule has 21 heavy (non-hydrogen) atoms. The molecule has 4 N–H and O–H groups in total. The molecule has 2 heterocycles. The first-order valence-electron chi connectivity index (χ1n) is 7.18. The largest absolute Gasteiger partial charge is 0.480 e. The molecule has 112 valence electrons. The van der Waals surface area contributed by atoms with Gasteiger partial charge in [-0.15, -0.1) is 0 Å². The molecule has 1 aromatic heterocycles. The zero-order valence-corrected chi connectivity index (χ0v) is 12.2. The lowest BCUT2D eigenvalue weighted by atomic mass is 9.77. The number of aromatic amines is 1. The second-order valence-corrected chi connectivity index (χ2v) is 6.05. The van der Waals surface area contributed by atoms with Gasteiger partial charge in [0, 0.05) is 35.5 Å². The summed E-state index contributed by atoms with van der Waals surface area (Å²) in [6.45, 7) is 3.87. The van der Waals surface area contributed by atoms with Crippen molar-refractivity contribution in [2.45, 2.75) is 31.8 Å². The van der Waals surface area contributed by atoms with Gasteiger partial charge in [-0.05, 0) is 18.6 Å². The minimum absolute atomic E-state index is 0.00928. The van der Waals surface area contributed by atoms with Crippen molar-refractivity contribution in [3.05, 3.63) is 35.5 Å². The molecule has 1 aliphatic heterocycles. The predicted octanol–water partition coefficient (Wildman–Crippen LogP) is 1.61. The van der Waals surface area contributed by atoms with Crippen LogP contribution < -0.4 is 5.32 Å². The Labute approximate surface area is 123 Å². The van der Waals surface area contributed by atoms with Crippen LogP contribution in [0.2, 0.25) is 0 Å². The summed E-state index contributed by atoms with van der Waals surface area (Å²) >= 11 is 0. The van der Waals surface area contributed by atoms with Crippen molar-refractivity contribution in [2.75, 3.05) is 6.61 Å². The molecular formula is C16H20N2O3. The Morgan fingerprint density at radius 1 is 1.48 bits per heavy atom. The Morgan fingerprint density at radius 2 is 2.19 bits per heavy atom. The van der Waals surface area contributed by atoms with E-state index in [-0.39, 0.29) is 12.5 Å². The van der Waals surface area contributed by atoms with Crippen LogP contribution in [0.4, 0.5) is 0 Å². The van der Waals surface area contributed by atoms with E-state index in [1.54, 1.807) is 0 Å². The number of carbonyl (C=O) groups is 1. The van der Waals surface area contributed by atoms with Crippen molar-refractivity contribution < 1.29 is 15.0 Å². The molecule has 3 rings (SSSR count). The van der Waals surface area contributed by atoms with Gasteiger partial charge in [-0.25, -0.2) is 0 Å². The summed E-state index contributed by atoms with van der Waals surface area (Å²) in [6, 6.07) is 7.28. The standard InChI is InChI=1S/C16H20N2O3/c1-9(8-19)16(2)14-11(7-13(18-16)15(20)21)10-5-3-4-6-12(10)17-14/h3-6,9,13,17-19H,7-8H2,1-2H3,(H,20,21)/t9?,13-,16?/m0/s1. The number of aliphatic hydroxyl groups is 1. The molecule has 3 atom stereocenters. The normalized spacial score (nSPS) is 26.5. The van der Waals surface area contributed by atoms with Crippen molar-refractivity contribution in [3.8, 4) is 0 Å². The van der Waals surface area contributed by atoms with E-state index in [1.807, 2.05) is 38.1 Å². The number of rotatable bonds is 3. The van der Waals surface area contributed by atoms with Gasteiger partial charge in [-0.3, -0.25) is 10.1 Å². The van der Waals surface area contributed by atoms with Gasteiger partial charge < -0.3 is 15.2 Å². The highest BCUT2D eigenvalue weighted by atomic mass is 16.4. The molecule has 2 unspecified atom stereocenters. The smallest absolute Gasteiger partial charge is 0.321 e. The molecule has 0 amide bonds. The first-order valence-corrected chi connectivity index (χ1v) is 7.18. The van der Waals surface area contributed by atoms with Crippen LogP contribution in [0, 0.1) is 5.92 Å². The summed E-state index contributed by atoms with van der Waals surface area (Å²) in [6.07, 6.45) is 0.447. The maximum absolute atomic E-state index is 11.5. The third-order valence-corrected chi connectivity index (χ3v) is 4.77. The fourth-order valence-corrected chi connectivity index (χ4v) is 3.26. The van der Waals surface area contributed by atoms with Gasteiger partial charge in [0.15, 0.2) is 0 Å². The number of aliphatic hydroxyl groups excluding tert-OH is 1. The van der Waals surface area contributed by atoms with E-state index in [4.69, 9.17) is 0 Å². The average Bonchev–Trinajstić information content (AvgIpc) is 2.86. The van der Waals surface area contributed by atoms with Crippen LogP contribution in [-0.2, 0) is 16.8 Å². The lowest BCUT2D eigenvalue weighted by Crippen LogP contribution is -2.57. The van der Waals surface area contributed by atoms with Crippen molar-refractivity contribution in [2.24, 2.45) is 5.92 Å². The molecule has 0 radical (unpaired) electrons. The van der Waals surface area contributed by atoms with E-state index in [0.29, 0.717) is 6.42 Å². The summed E-state index contributed by atoms with van der Waals surface area (Å²) in [5.74, 6) is -0.964. The van der Waals surface area contributed by atoms with E-state index in [9.17, 15) is 15.0 Å². The van der Waals surface area contributed by atoms with E-state index in [0.717, 1.165) is 22.2 Å². The number of aliphatic carboxylic acids is 1. The molecule has 1 aliphatic rings. The summed E-state index contributed by atoms with van der Waals surface area (Å²) in [7, 11) is 0. The van der Waals surface area contributed by atoms with Gasteiger partial charge in [0.2, 0.25) is 0 Å². The number of hydrogen-bond donors (Lipinski definition) is 4. The lowest BCUT2D eigenvalue weighted by Gasteiger charge is -2.42. The minimum Gasteiger partial charge on any atom is -0.480 e. The maximum atomic E-state index is 11.5. The third-order valence-electron chi connectivity index (χ3n) is 4.77. The molecule has 5 heteroatoms. The fraction of sp³-hybridized carbons (Fsp3) is 0.438. The highest BCUT2D eigenvalue weighted by Crippen LogP contribution is 2.39. The Kier molecular flexibility index (Phi) is 3.26. The highest BCUT2D eigenvalue weighted by molar-refractivity contribution is 5.87. The SMILES string of the molecule is CC(CO)C1(C)N[C@H](C(=O)O)Cc2c1[nH]c1ccccc21. The van der Waals surface area contributed by atoms with Crippen molar-refractivity contribution in [3.63, 3.8) is 0 Å². The lowest BCUT2D eigenvalue weighted by molar-refractivity contribution is -0.140. The number of carboxylic acid groups (broad SMARTS) is 1. The molecule has 5 nitrogen and oxygen atoms in total. The van der Waals surface area contributed by atoms with Gasteiger partial charge in [-0.1, -0.05) is 25.1 Å². The molecule has 0 saturated heterocycles. The molecule has 0 fully saturated rings. The molecular weight excluding hydrogens is 268 g/mol. The molecule has 2 aromatic rings. The summed E-state index contributed by atoms with van der Waals surface area (Å²) in [5.41, 5.74) is 2.44. The molecule has 0 spiro atoms. The maximum Gasteiger partial charge on any atom is 0.321 e. The number of aromatic nitrogens is 1. The zero-order chi connectivity index (χ0) is 15.2. The fourth-order valence-electron chi connectivity index (χ4n) is 3.26. The predicted molar refractivity (Wildman–Crippen MR) is 80.2 cm³/mol. The molecule has 0 saturated carbocycles. The van der Waals surface area contributed by atoms with Crippen LogP contribution in [0.3, 0.4) is 0 Å². The second kappa shape index (κ2) is 4.86. The summed E-state index contributed by atoms with van der Waals surface area (Å²) < 4.78 is 0. The number of hydrogen-bond acceptors (Lipinski definition) is 3. The Bertz CT molecular complexity index is 694. The van der Waals surface area contributed by atoms with Crippen molar-refractivity contribution in [1.82, 2.24) is 10.3 Å². The first-order chi connectivity index (χ1) is 9.97. The summed E-state index contributed by atoms with van der Waals surface area (Å²) in [5, 5.41) is 23.3. The van der Waals surface area contributed by atoms with Crippen LogP contribution >= 0.6 is 0 Å². The zero-order valence-electron chi connectivity index (χ0n) is 12.2. The Balaban J connectivity index is 2.22. The second-order valence-electron chi connectivity index (χ2n) is 6.05. The monoisotopic (exact) mass is 288 g/mol. The first kappa shape index (κ1) is 14.1. The van der Waals surface area contributed by atoms with Crippen molar-refractivity contribution in [1.29, 1.82) is 0 Å². The number of para-hydroxylation sites is 1. The molecule has 0 bridgehead atoms.